The number of para-hydroxylation sites is 1. The third-order valence-electron chi connectivity index (χ3n) is 3.68. The lowest BCUT2D eigenvalue weighted by atomic mass is 10.3. The van der Waals surface area contributed by atoms with E-state index in [1.807, 2.05) is 41.1 Å². The molecule has 0 unspecified atom stereocenters. The van der Waals surface area contributed by atoms with Crippen molar-refractivity contribution in [3.8, 4) is 5.69 Å². The van der Waals surface area contributed by atoms with E-state index < -0.39 is 0 Å². The molecule has 23 heavy (non-hydrogen) atoms. The van der Waals surface area contributed by atoms with Crippen LogP contribution in [-0.2, 0) is 4.79 Å². The van der Waals surface area contributed by atoms with Crippen LogP contribution < -0.4 is 5.32 Å². The second kappa shape index (κ2) is 7.21. The van der Waals surface area contributed by atoms with Crippen LogP contribution in [0.4, 0.5) is 5.82 Å². The van der Waals surface area contributed by atoms with Gasteiger partial charge in [0.2, 0.25) is 5.91 Å². The highest BCUT2D eigenvalue weighted by Gasteiger charge is 2.27. The molecule has 122 valence electrons. The van der Waals surface area contributed by atoms with Gasteiger partial charge in [-0.2, -0.15) is 16.9 Å². The molecule has 0 spiro atoms. The van der Waals surface area contributed by atoms with E-state index in [0.717, 1.165) is 23.0 Å². The second-order valence-corrected chi connectivity index (χ2v) is 7.46. The Hall–Kier alpha value is -1.75. The van der Waals surface area contributed by atoms with E-state index in [-0.39, 0.29) is 5.91 Å². The minimum absolute atomic E-state index is 0.0371. The van der Waals surface area contributed by atoms with Crippen molar-refractivity contribution in [2.75, 3.05) is 16.8 Å². The molecule has 3 rings (SSSR count). The number of nitrogens with one attached hydrogen (secondary N) is 1. The van der Waals surface area contributed by atoms with Crippen LogP contribution in [-0.4, -0.2) is 27.2 Å². The number of thioether (sulfide) groups is 1. The summed E-state index contributed by atoms with van der Waals surface area (Å²) in [5.41, 5.74) is 2.06. The van der Waals surface area contributed by atoms with Crippen LogP contribution >= 0.6 is 11.8 Å². The second-order valence-electron chi connectivity index (χ2n) is 6.43. The quantitative estimate of drug-likeness (QED) is 0.832. The zero-order chi connectivity index (χ0) is 16.2. The minimum Gasteiger partial charge on any atom is -0.310 e. The fraction of sp³-hybridized carbons (Fsp3) is 0.444. The van der Waals surface area contributed by atoms with Gasteiger partial charge in [-0.15, -0.1) is 0 Å². The van der Waals surface area contributed by atoms with E-state index in [0.29, 0.717) is 17.6 Å². The van der Waals surface area contributed by atoms with Gasteiger partial charge in [0.25, 0.3) is 0 Å². The number of carbonyl (C=O) groups is 1. The van der Waals surface area contributed by atoms with Crippen LogP contribution in [0.2, 0.25) is 0 Å². The highest BCUT2D eigenvalue weighted by Crippen LogP contribution is 2.40. The van der Waals surface area contributed by atoms with E-state index in [9.17, 15) is 4.79 Å². The van der Waals surface area contributed by atoms with E-state index in [1.54, 1.807) is 11.8 Å². The molecule has 0 radical (unpaired) electrons. The van der Waals surface area contributed by atoms with Crippen molar-refractivity contribution >= 4 is 23.5 Å². The molecule has 1 aromatic heterocycles. The SMILES string of the molecule is CC(C)CSCC(=O)Nc1cc(C2CC2)nn1-c1ccccc1. The molecule has 1 aliphatic carbocycles. The normalized spacial score (nSPS) is 14.2. The molecule has 0 saturated heterocycles. The Balaban J connectivity index is 1.73. The summed E-state index contributed by atoms with van der Waals surface area (Å²) >= 11 is 1.67. The first-order chi connectivity index (χ1) is 11.1. The van der Waals surface area contributed by atoms with Gasteiger partial charge in [-0.25, -0.2) is 4.68 Å². The van der Waals surface area contributed by atoms with Crippen LogP contribution in [0, 0.1) is 5.92 Å². The number of benzene rings is 1. The molecule has 5 heteroatoms. The zero-order valence-electron chi connectivity index (χ0n) is 13.7. The standard InChI is InChI=1S/C18H23N3OS/c1-13(2)11-23-12-18(22)19-17-10-16(14-8-9-14)20-21(17)15-6-4-3-5-7-15/h3-7,10,13-14H,8-9,11-12H2,1-2H3,(H,19,22). The number of aromatic nitrogens is 2. The lowest BCUT2D eigenvalue weighted by Gasteiger charge is -2.09. The van der Waals surface area contributed by atoms with E-state index in [4.69, 9.17) is 5.10 Å². The Morgan fingerprint density at radius 2 is 2.09 bits per heavy atom. The van der Waals surface area contributed by atoms with Crippen molar-refractivity contribution < 1.29 is 4.79 Å². The Labute approximate surface area is 141 Å². The van der Waals surface area contributed by atoms with Gasteiger partial charge in [-0.3, -0.25) is 4.79 Å². The van der Waals surface area contributed by atoms with Gasteiger partial charge >= 0.3 is 0 Å². The summed E-state index contributed by atoms with van der Waals surface area (Å²) < 4.78 is 1.85. The molecule has 0 bridgehead atoms. The summed E-state index contributed by atoms with van der Waals surface area (Å²) in [5, 5.41) is 7.73. The zero-order valence-corrected chi connectivity index (χ0v) is 14.5. The Morgan fingerprint density at radius 3 is 2.74 bits per heavy atom. The number of carbonyl (C=O) groups excluding carboxylic acids is 1. The third-order valence-corrected chi connectivity index (χ3v) is 5.05. The third kappa shape index (κ3) is 4.38. The molecule has 0 atom stereocenters. The Kier molecular flexibility index (Phi) is 5.06. The summed E-state index contributed by atoms with van der Waals surface area (Å²) in [6.45, 7) is 4.33. The van der Waals surface area contributed by atoms with Gasteiger partial charge in [0.05, 0.1) is 17.1 Å². The molecule has 1 N–H and O–H groups in total. The lowest BCUT2D eigenvalue weighted by molar-refractivity contribution is -0.113. The molecule has 1 fully saturated rings. The first kappa shape index (κ1) is 16.1. The molecule has 1 amide bonds. The average molecular weight is 329 g/mol. The van der Waals surface area contributed by atoms with Crippen molar-refractivity contribution in [1.82, 2.24) is 9.78 Å². The van der Waals surface area contributed by atoms with Crippen LogP contribution in [0.1, 0.15) is 38.3 Å². The largest absolute Gasteiger partial charge is 0.310 e. The van der Waals surface area contributed by atoms with E-state index >= 15 is 0 Å². The summed E-state index contributed by atoms with van der Waals surface area (Å²) in [6, 6.07) is 12.0. The van der Waals surface area contributed by atoms with E-state index in [1.165, 1.54) is 12.8 Å². The number of rotatable bonds is 7. The maximum absolute atomic E-state index is 12.2. The maximum atomic E-state index is 12.2. The molecule has 1 heterocycles. The van der Waals surface area contributed by atoms with Crippen LogP contribution in [0.15, 0.2) is 36.4 Å². The number of anilines is 1. The fourth-order valence-corrected chi connectivity index (χ4v) is 3.25. The molecular formula is C18H23N3OS. The maximum Gasteiger partial charge on any atom is 0.235 e. The smallest absolute Gasteiger partial charge is 0.235 e. The van der Waals surface area contributed by atoms with Gasteiger partial charge in [-0.05, 0) is 36.6 Å². The minimum atomic E-state index is 0.0371. The first-order valence-electron chi connectivity index (χ1n) is 8.16. The summed E-state index contributed by atoms with van der Waals surface area (Å²) in [7, 11) is 0. The van der Waals surface area contributed by atoms with Crippen LogP contribution in [0.3, 0.4) is 0 Å². The summed E-state index contributed by atoms with van der Waals surface area (Å²) in [5.74, 6) is 3.45. The van der Waals surface area contributed by atoms with Gasteiger partial charge in [0.15, 0.2) is 0 Å². The summed E-state index contributed by atoms with van der Waals surface area (Å²) in [6.07, 6.45) is 2.40. The summed E-state index contributed by atoms with van der Waals surface area (Å²) in [4.78, 5) is 12.2. The lowest BCUT2D eigenvalue weighted by Crippen LogP contribution is -2.17. The number of amides is 1. The van der Waals surface area contributed by atoms with Gasteiger partial charge in [-0.1, -0.05) is 32.0 Å². The molecule has 4 nitrogen and oxygen atoms in total. The van der Waals surface area contributed by atoms with Crippen LogP contribution in [0.25, 0.3) is 5.69 Å². The van der Waals surface area contributed by atoms with Gasteiger partial charge in [0.1, 0.15) is 5.82 Å². The molecule has 1 aromatic carbocycles. The number of nitrogens with zero attached hydrogens (tertiary/aromatic N) is 2. The van der Waals surface area contributed by atoms with E-state index in [2.05, 4.69) is 19.2 Å². The average Bonchev–Trinajstić information content (AvgIpc) is 3.29. The Bertz CT molecular complexity index is 662. The highest BCUT2D eigenvalue weighted by molar-refractivity contribution is 7.99. The fourth-order valence-electron chi connectivity index (χ4n) is 2.40. The van der Waals surface area contributed by atoms with Crippen molar-refractivity contribution in [2.24, 2.45) is 5.92 Å². The molecular weight excluding hydrogens is 306 g/mol. The van der Waals surface area contributed by atoms with Gasteiger partial charge < -0.3 is 5.32 Å². The highest BCUT2D eigenvalue weighted by atomic mass is 32.2. The molecule has 0 aliphatic heterocycles. The van der Waals surface area contributed by atoms with Gasteiger partial charge in [0, 0.05) is 12.0 Å². The first-order valence-corrected chi connectivity index (χ1v) is 9.32. The molecule has 1 saturated carbocycles. The van der Waals surface area contributed by atoms with Crippen molar-refractivity contribution in [3.05, 3.63) is 42.1 Å². The van der Waals surface area contributed by atoms with Crippen molar-refractivity contribution in [3.63, 3.8) is 0 Å². The number of hydrogen-bond acceptors (Lipinski definition) is 3. The van der Waals surface area contributed by atoms with Crippen molar-refractivity contribution in [2.45, 2.75) is 32.6 Å². The monoisotopic (exact) mass is 329 g/mol. The predicted octanol–water partition coefficient (Wildman–Crippen LogP) is 4.08. The Morgan fingerprint density at radius 1 is 1.35 bits per heavy atom. The molecule has 1 aliphatic rings. The molecule has 2 aromatic rings. The predicted molar refractivity (Wildman–Crippen MR) is 96.3 cm³/mol. The van der Waals surface area contributed by atoms with Crippen molar-refractivity contribution in [1.29, 1.82) is 0 Å². The number of hydrogen-bond donors (Lipinski definition) is 1. The van der Waals surface area contributed by atoms with Crippen LogP contribution in [0.5, 0.6) is 0 Å². The topological polar surface area (TPSA) is 46.9 Å².